The van der Waals surface area contributed by atoms with Crippen molar-refractivity contribution in [2.45, 2.75) is 58.7 Å². The molecule has 3 nitrogen and oxygen atoms in total. The summed E-state index contributed by atoms with van der Waals surface area (Å²) < 4.78 is 17.7. The lowest BCUT2D eigenvalue weighted by molar-refractivity contribution is -0.0917. The van der Waals surface area contributed by atoms with Gasteiger partial charge in [0.2, 0.25) is 0 Å². The Morgan fingerprint density at radius 2 is 1.58 bits per heavy atom. The van der Waals surface area contributed by atoms with E-state index >= 15 is 0 Å². The van der Waals surface area contributed by atoms with Crippen LogP contribution >= 0.6 is 0 Å². The first kappa shape index (κ1) is 20.3. The molecule has 0 radical (unpaired) electrons. The highest BCUT2D eigenvalue weighted by Gasteiger charge is 2.11. The second-order valence-corrected chi connectivity index (χ2v) is 6.60. The molecule has 0 amide bonds. The molecule has 2 aromatic carbocycles. The maximum Gasteiger partial charge on any atom is 0.199 e. The SMILES string of the molecule is CCCCC(OCCOc1ccccc1)Oc1ccc(C(C)CC)cc1. The Morgan fingerprint density at radius 3 is 2.23 bits per heavy atom. The highest BCUT2D eigenvalue weighted by Crippen LogP contribution is 2.23. The highest BCUT2D eigenvalue weighted by molar-refractivity contribution is 5.29. The fraction of sp³-hybridized carbons (Fsp3) is 0.478. The number of hydrogen-bond donors (Lipinski definition) is 0. The number of ether oxygens (including phenoxy) is 3. The van der Waals surface area contributed by atoms with Gasteiger partial charge in [0.25, 0.3) is 0 Å². The van der Waals surface area contributed by atoms with Gasteiger partial charge in [0.05, 0.1) is 6.61 Å². The van der Waals surface area contributed by atoms with Crippen LogP contribution in [0.1, 0.15) is 57.9 Å². The van der Waals surface area contributed by atoms with Crippen LogP contribution in [0.2, 0.25) is 0 Å². The lowest BCUT2D eigenvalue weighted by atomic mass is 9.99. The summed E-state index contributed by atoms with van der Waals surface area (Å²) in [5.41, 5.74) is 1.35. The predicted molar refractivity (Wildman–Crippen MR) is 107 cm³/mol. The van der Waals surface area contributed by atoms with E-state index in [1.165, 1.54) is 5.56 Å². The molecule has 0 spiro atoms. The zero-order valence-electron chi connectivity index (χ0n) is 16.3. The molecule has 26 heavy (non-hydrogen) atoms. The van der Waals surface area contributed by atoms with E-state index in [-0.39, 0.29) is 6.29 Å². The lowest BCUT2D eigenvalue weighted by Gasteiger charge is -2.20. The van der Waals surface area contributed by atoms with Gasteiger partial charge in [-0.2, -0.15) is 0 Å². The summed E-state index contributed by atoms with van der Waals surface area (Å²) >= 11 is 0. The predicted octanol–water partition coefficient (Wildman–Crippen LogP) is 6.19. The number of rotatable bonds is 12. The second kappa shape index (κ2) is 11.6. The molecule has 2 aromatic rings. The van der Waals surface area contributed by atoms with E-state index < -0.39 is 0 Å². The van der Waals surface area contributed by atoms with Gasteiger partial charge in [-0.1, -0.05) is 57.5 Å². The van der Waals surface area contributed by atoms with Gasteiger partial charge in [-0.3, -0.25) is 0 Å². The van der Waals surface area contributed by atoms with Crippen LogP contribution in [0.3, 0.4) is 0 Å². The number of unbranched alkanes of at least 4 members (excludes halogenated alkanes) is 1. The molecule has 2 atom stereocenters. The third-order valence-corrected chi connectivity index (χ3v) is 4.52. The quantitative estimate of drug-likeness (QED) is 0.335. The van der Waals surface area contributed by atoms with Gasteiger partial charge < -0.3 is 14.2 Å². The van der Waals surface area contributed by atoms with Gasteiger partial charge in [-0.05, 0) is 48.6 Å². The fourth-order valence-electron chi connectivity index (χ4n) is 2.67. The standard InChI is InChI=1S/C23H32O3/c1-4-6-12-23(25-18-17-24-21-10-8-7-9-11-21)26-22-15-13-20(14-16-22)19(3)5-2/h7-11,13-16,19,23H,4-6,12,17-18H2,1-3H3. The van der Waals surface area contributed by atoms with Crippen LogP contribution in [0, 0.1) is 0 Å². The average Bonchev–Trinajstić information content (AvgIpc) is 2.69. The summed E-state index contributed by atoms with van der Waals surface area (Å²) in [4.78, 5) is 0. The van der Waals surface area contributed by atoms with Gasteiger partial charge in [-0.25, -0.2) is 0 Å². The van der Waals surface area contributed by atoms with Crippen molar-refractivity contribution in [3.63, 3.8) is 0 Å². The fourth-order valence-corrected chi connectivity index (χ4v) is 2.67. The van der Waals surface area contributed by atoms with Crippen LogP contribution in [0.5, 0.6) is 11.5 Å². The summed E-state index contributed by atoms with van der Waals surface area (Å²) in [5, 5.41) is 0. The summed E-state index contributed by atoms with van der Waals surface area (Å²) in [7, 11) is 0. The average molecular weight is 357 g/mol. The van der Waals surface area contributed by atoms with Crippen LogP contribution in [-0.2, 0) is 4.74 Å². The first-order valence-corrected chi connectivity index (χ1v) is 9.79. The molecule has 0 saturated heterocycles. The first-order valence-electron chi connectivity index (χ1n) is 9.79. The smallest absolute Gasteiger partial charge is 0.199 e. The van der Waals surface area contributed by atoms with Gasteiger partial charge in [0.15, 0.2) is 6.29 Å². The molecule has 0 aliphatic carbocycles. The van der Waals surface area contributed by atoms with E-state index in [4.69, 9.17) is 14.2 Å². The normalized spacial score (nSPS) is 13.2. The monoisotopic (exact) mass is 356 g/mol. The van der Waals surface area contributed by atoms with E-state index in [1.54, 1.807) is 0 Å². The third kappa shape index (κ3) is 7.09. The Kier molecular flexibility index (Phi) is 9.05. The van der Waals surface area contributed by atoms with Crippen molar-refractivity contribution in [2.24, 2.45) is 0 Å². The maximum absolute atomic E-state index is 6.06. The summed E-state index contributed by atoms with van der Waals surface area (Å²) in [6.45, 7) is 7.66. The third-order valence-electron chi connectivity index (χ3n) is 4.52. The molecule has 0 aliphatic rings. The van der Waals surface area contributed by atoms with Crippen molar-refractivity contribution < 1.29 is 14.2 Å². The first-order chi connectivity index (χ1) is 12.7. The molecule has 2 rings (SSSR count). The van der Waals surface area contributed by atoms with E-state index in [2.05, 4.69) is 32.9 Å². The molecule has 0 saturated carbocycles. The van der Waals surface area contributed by atoms with Crippen LogP contribution < -0.4 is 9.47 Å². The topological polar surface area (TPSA) is 27.7 Å². The van der Waals surface area contributed by atoms with Crippen LogP contribution in [0.25, 0.3) is 0 Å². The van der Waals surface area contributed by atoms with Crippen molar-refractivity contribution in [2.75, 3.05) is 13.2 Å². The van der Waals surface area contributed by atoms with Gasteiger partial charge >= 0.3 is 0 Å². The Bertz CT molecular complexity index is 595. The van der Waals surface area contributed by atoms with Crippen molar-refractivity contribution in [1.82, 2.24) is 0 Å². The number of para-hydroxylation sites is 1. The van der Waals surface area contributed by atoms with E-state index in [0.717, 1.165) is 37.2 Å². The molecule has 0 bridgehead atoms. The molecular formula is C23H32O3. The summed E-state index contributed by atoms with van der Waals surface area (Å²) in [6.07, 6.45) is 3.99. The zero-order chi connectivity index (χ0) is 18.6. The maximum atomic E-state index is 6.06. The van der Waals surface area contributed by atoms with Crippen molar-refractivity contribution in [3.05, 3.63) is 60.2 Å². The Labute approximate surface area is 158 Å². The van der Waals surface area contributed by atoms with Crippen LogP contribution in [0.15, 0.2) is 54.6 Å². The molecule has 142 valence electrons. The van der Waals surface area contributed by atoms with E-state index in [0.29, 0.717) is 19.1 Å². The molecule has 2 unspecified atom stereocenters. The molecular weight excluding hydrogens is 324 g/mol. The van der Waals surface area contributed by atoms with E-state index in [1.807, 2.05) is 42.5 Å². The summed E-state index contributed by atoms with van der Waals surface area (Å²) in [5.74, 6) is 2.30. The number of hydrogen-bond acceptors (Lipinski definition) is 3. The van der Waals surface area contributed by atoms with Crippen LogP contribution in [0.4, 0.5) is 0 Å². The Hall–Kier alpha value is -2.00. The Morgan fingerprint density at radius 1 is 0.846 bits per heavy atom. The largest absolute Gasteiger partial charge is 0.491 e. The molecule has 0 aromatic heterocycles. The van der Waals surface area contributed by atoms with Gasteiger partial charge in [0.1, 0.15) is 18.1 Å². The van der Waals surface area contributed by atoms with Crippen molar-refractivity contribution >= 4 is 0 Å². The molecule has 3 heteroatoms. The Balaban J connectivity index is 1.82. The van der Waals surface area contributed by atoms with Crippen LogP contribution in [-0.4, -0.2) is 19.5 Å². The summed E-state index contributed by atoms with van der Waals surface area (Å²) in [6, 6.07) is 18.2. The van der Waals surface area contributed by atoms with Gasteiger partial charge in [0, 0.05) is 6.42 Å². The van der Waals surface area contributed by atoms with Crippen molar-refractivity contribution in [1.29, 1.82) is 0 Å². The second-order valence-electron chi connectivity index (χ2n) is 6.60. The lowest BCUT2D eigenvalue weighted by Crippen LogP contribution is -2.23. The minimum absolute atomic E-state index is 0.233. The molecule has 0 fully saturated rings. The molecule has 0 aliphatic heterocycles. The van der Waals surface area contributed by atoms with Gasteiger partial charge in [-0.15, -0.1) is 0 Å². The minimum atomic E-state index is -0.233. The molecule has 0 heterocycles. The van der Waals surface area contributed by atoms with E-state index in [9.17, 15) is 0 Å². The molecule has 0 N–H and O–H groups in total. The highest BCUT2D eigenvalue weighted by atomic mass is 16.7. The minimum Gasteiger partial charge on any atom is -0.491 e. The zero-order valence-corrected chi connectivity index (χ0v) is 16.3. The number of benzene rings is 2. The van der Waals surface area contributed by atoms with Crippen molar-refractivity contribution in [3.8, 4) is 11.5 Å².